The van der Waals surface area contributed by atoms with Gasteiger partial charge in [0.1, 0.15) is 5.75 Å². The molecule has 0 saturated heterocycles. The summed E-state index contributed by atoms with van der Waals surface area (Å²) in [6.45, 7) is 0.887. The first kappa shape index (κ1) is 21.7. The Hall–Kier alpha value is -3.62. The van der Waals surface area contributed by atoms with Crippen molar-refractivity contribution in [1.82, 2.24) is 15.5 Å². The molecule has 2 aromatic rings. The normalized spacial score (nSPS) is 10.9. The second-order valence-corrected chi connectivity index (χ2v) is 6.44. The minimum Gasteiger partial charge on any atom is -0.497 e. The molecule has 0 spiro atoms. The number of ether oxygens (including phenoxy) is 1. The maximum atomic E-state index is 11.9. The van der Waals surface area contributed by atoms with Crippen LogP contribution in [-0.4, -0.2) is 49.4 Å². The Morgan fingerprint density at radius 3 is 2.48 bits per heavy atom. The van der Waals surface area contributed by atoms with E-state index in [9.17, 15) is 14.9 Å². The standard InChI is InChI=1S/C20H25N5O4/c1-24(2)19(26)14-23-20(22-13-16-5-4-6-18(11-16)29-3)21-12-15-7-9-17(10-8-15)25(27)28/h4-11H,12-14H2,1-3H3,(H2,21,22,23). The van der Waals surface area contributed by atoms with Crippen molar-refractivity contribution in [2.45, 2.75) is 13.1 Å². The lowest BCUT2D eigenvalue weighted by atomic mass is 10.2. The van der Waals surface area contributed by atoms with Crippen molar-refractivity contribution < 1.29 is 14.5 Å². The monoisotopic (exact) mass is 399 g/mol. The summed E-state index contributed by atoms with van der Waals surface area (Å²) in [5.74, 6) is 1.12. The number of aliphatic imine (C=N–C) groups is 1. The summed E-state index contributed by atoms with van der Waals surface area (Å²) < 4.78 is 5.22. The lowest BCUT2D eigenvalue weighted by Crippen LogP contribution is -2.42. The highest BCUT2D eigenvalue weighted by Crippen LogP contribution is 2.13. The number of likely N-dealkylation sites (N-methyl/N-ethyl adjacent to an activating group) is 1. The number of hydrogen-bond donors (Lipinski definition) is 2. The van der Waals surface area contributed by atoms with Gasteiger partial charge >= 0.3 is 0 Å². The van der Waals surface area contributed by atoms with E-state index in [1.165, 1.54) is 17.0 Å². The van der Waals surface area contributed by atoms with E-state index in [0.717, 1.165) is 16.9 Å². The predicted molar refractivity (Wildman–Crippen MR) is 111 cm³/mol. The number of benzene rings is 2. The van der Waals surface area contributed by atoms with Crippen LogP contribution in [0.25, 0.3) is 0 Å². The van der Waals surface area contributed by atoms with Gasteiger partial charge in [-0.1, -0.05) is 24.3 Å². The summed E-state index contributed by atoms with van der Waals surface area (Å²) in [7, 11) is 4.97. The van der Waals surface area contributed by atoms with E-state index in [0.29, 0.717) is 19.0 Å². The van der Waals surface area contributed by atoms with Crippen LogP contribution in [-0.2, 0) is 17.9 Å². The fourth-order valence-corrected chi connectivity index (χ4v) is 2.35. The number of carbonyl (C=O) groups is 1. The number of nitro benzene ring substituents is 1. The third-order valence-electron chi connectivity index (χ3n) is 4.07. The SMILES string of the molecule is COc1cccc(CN=C(NCC(=O)N(C)C)NCc2ccc([N+](=O)[O-])cc2)c1. The fourth-order valence-electron chi connectivity index (χ4n) is 2.35. The van der Waals surface area contributed by atoms with Crippen LogP contribution in [0.2, 0.25) is 0 Å². The van der Waals surface area contributed by atoms with Crippen molar-refractivity contribution in [2.75, 3.05) is 27.7 Å². The first-order chi connectivity index (χ1) is 13.9. The topological polar surface area (TPSA) is 109 Å². The molecule has 0 atom stereocenters. The second kappa shape index (κ2) is 10.6. The van der Waals surface area contributed by atoms with Gasteiger partial charge in [-0.3, -0.25) is 14.9 Å². The Balaban J connectivity index is 2.06. The van der Waals surface area contributed by atoms with Gasteiger partial charge in [0.25, 0.3) is 5.69 Å². The van der Waals surface area contributed by atoms with Gasteiger partial charge in [-0.25, -0.2) is 4.99 Å². The minimum absolute atomic E-state index is 0.0374. The quantitative estimate of drug-likeness (QED) is 0.304. The molecule has 29 heavy (non-hydrogen) atoms. The molecule has 2 N–H and O–H groups in total. The van der Waals surface area contributed by atoms with Crippen molar-refractivity contribution in [2.24, 2.45) is 4.99 Å². The second-order valence-electron chi connectivity index (χ2n) is 6.44. The van der Waals surface area contributed by atoms with Gasteiger partial charge in [0.2, 0.25) is 5.91 Å². The molecule has 0 saturated carbocycles. The number of guanidine groups is 1. The molecule has 2 rings (SSSR count). The smallest absolute Gasteiger partial charge is 0.269 e. The van der Waals surface area contributed by atoms with Crippen LogP contribution >= 0.6 is 0 Å². The van der Waals surface area contributed by atoms with Crippen molar-refractivity contribution >= 4 is 17.6 Å². The van der Waals surface area contributed by atoms with Gasteiger partial charge in [0.05, 0.1) is 25.1 Å². The lowest BCUT2D eigenvalue weighted by molar-refractivity contribution is -0.384. The molecule has 9 nitrogen and oxygen atoms in total. The number of non-ortho nitro benzene ring substituents is 1. The van der Waals surface area contributed by atoms with E-state index in [1.54, 1.807) is 33.3 Å². The van der Waals surface area contributed by atoms with Gasteiger partial charge in [0, 0.05) is 32.8 Å². The van der Waals surface area contributed by atoms with Crippen LogP contribution in [0, 0.1) is 10.1 Å². The molecule has 2 aromatic carbocycles. The molecule has 0 aliphatic heterocycles. The average molecular weight is 399 g/mol. The van der Waals surface area contributed by atoms with Crippen molar-refractivity contribution in [3.63, 3.8) is 0 Å². The molecule has 9 heteroatoms. The number of hydrogen-bond acceptors (Lipinski definition) is 5. The van der Waals surface area contributed by atoms with Crippen LogP contribution < -0.4 is 15.4 Å². The van der Waals surface area contributed by atoms with Crippen molar-refractivity contribution in [3.05, 3.63) is 69.8 Å². The molecule has 0 aliphatic rings. The van der Waals surface area contributed by atoms with Gasteiger partial charge in [-0.2, -0.15) is 0 Å². The molecule has 0 aromatic heterocycles. The first-order valence-corrected chi connectivity index (χ1v) is 8.97. The van der Waals surface area contributed by atoms with Crippen LogP contribution in [0.1, 0.15) is 11.1 Å². The molecule has 0 unspecified atom stereocenters. The third kappa shape index (κ3) is 7.13. The molecule has 0 bridgehead atoms. The molecular formula is C20H25N5O4. The number of carbonyl (C=O) groups excluding carboxylic acids is 1. The number of rotatable bonds is 8. The maximum absolute atomic E-state index is 11.9. The van der Waals surface area contributed by atoms with Crippen LogP contribution in [0.3, 0.4) is 0 Å². The number of nitrogens with zero attached hydrogens (tertiary/aromatic N) is 3. The van der Waals surface area contributed by atoms with Crippen molar-refractivity contribution in [1.29, 1.82) is 0 Å². The van der Waals surface area contributed by atoms with E-state index in [2.05, 4.69) is 15.6 Å². The molecule has 154 valence electrons. The van der Waals surface area contributed by atoms with E-state index in [1.807, 2.05) is 24.3 Å². The Morgan fingerprint density at radius 1 is 1.14 bits per heavy atom. The first-order valence-electron chi connectivity index (χ1n) is 8.97. The summed E-state index contributed by atoms with van der Waals surface area (Å²) in [6.07, 6.45) is 0. The van der Waals surface area contributed by atoms with E-state index in [-0.39, 0.29) is 18.1 Å². The van der Waals surface area contributed by atoms with Gasteiger partial charge < -0.3 is 20.3 Å². The summed E-state index contributed by atoms with van der Waals surface area (Å²) >= 11 is 0. The molecule has 0 heterocycles. The molecule has 0 radical (unpaired) electrons. The highest BCUT2D eigenvalue weighted by Gasteiger charge is 2.08. The Labute approximate surface area is 169 Å². The average Bonchev–Trinajstić information content (AvgIpc) is 2.73. The van der Waals surface area contributed by atoms with E-state index in [4.69, 9.17) is 4.74 Å². The van der Waals surface area contributed by atoms with Gasteiger partial charge in [-0.05, 0) is 23.3 Å². The molecular weight excluding hydrogens is 374 g/mol. The predicted octanol–water partition coefficient (Wildman–Crippen LogP) is 1.93. The summed E-state index contributed by atoms with van der Waals surface area (Å²) in [4.78, 5) is 28.2. The summed E-state index contributed by atoms with van der Waals surface area (Å²) in [6, 6.07) is 13.8. The fraction of sp³-hybridized carbons (Fsp3) is 0.300. The number of methoxy groups -OCH3 is 1. The van der Waals surface area contributed by atoms with E-state index >= 15 is 0 Å². The Bertz CT molecular complexity index is 865. The minimum atomic E-state index is -0.438. The largest absolute Gasteiger partial charge is 0.497 e. The number of amides is 1. The van der Waals surface area contributed by atoms with Gasteiger partial charge in [0.15, 0.2) is 5.96 Å². The lowest BCUT2D eigenvalue weighted by Gasteiger charge is -2.15. The van der Waals surface area contributed by atoms with Crippen LogP contribution in [0.5, 0.6) is 5.75 Å². The summed E-state index contributed by atoms with van der Waals surface area (Å²) in [5, 5.41) is 16.9. The van der Waals surface area contributed by atoms with E-state index < -0.39 is 4.92 Å². The molecule has 0 fully saturated rings. The van der Waals surface area contributed by atoms with Crippen molar-refractivity contribution in [3.8, 4) is 5.75 Å². The Kier molecular flexibility index (Phi) is 7.96. The zero-order chi connectivity index (χ0) is 21.2. The summed E-state index contributed by atoms with van der Waals surface area (Å²) in [5.41, 5.74) is 1.85. The highest BCUT2D eigenvalue weighted by atomic mass is 16.6. The third-order valence-corrected chi connectivity index (χ3v) is 4.07. The Morgan fingerprint density at radius 2 is 1.86 bits per heavy atom. The number of nitro groups is 1. The van der Waals surface area contributed by atoms with Crippen LogP contribution in [0.15, 0.2) is 53.5 Å². The highest BCUT2D eigenvalue weighted by molar-refractivity contribution is 5.86. The molecule has 0 aliphatic carbocycles. The zero-order valence-corrected chi connectivity index (χ0v) is 16.7. The maximum Gasteiger partial charge on any atom is 0.269 e. The number of nitrogens with one attached hydrogen (secondary N) is 2. The molecule has 1 amide bonds. The van der Waals surface area contributed by atoms with Crippen LogP contribution in [0.4, 0.5) is 5.69 Å². The van der Waals surface area contributed by atoms with Gasteiger partial charge in [-0.15, -0.1) is 0 Å². The zero-order valence-electron chi connectivity index (χ0n) is 16.7.